The summed E-state index contributed by atoms with van der Waals surface area (Å²) in [6.45, 7) is 2.60. The molecule has 0 saturated carbocycles. The van der Waals surface area contributed by atoms with Crippen molar-refractivity contribution < 1.29 is 9.53 Å². The standard InChI is InChI=1S/C21H24N4O2/c1-27-19-10-3-2-8-16(19)18(25-11-4-5-12-25)14-22-21(26)17-9-6-7-15-13-23-24-20(15)17/h2-3,6-10,13,18H,4-5,11-12,14H2,1H3,(H,22,26)(H,23,24). The van der Waals surface area contributed by atoms with Gasteiger partial charge in [0.15, 0.2) is 0 Å². The number of nitrogens with one attached hydrogen (secondary N) is 2. The first-order chi connectivity index (χ1) is 13.3. The molecule has 1 aliphatic rings. The van der Waals surface area contributed by atoms with Crippen molar-refractivity contribution in [1.82, 2.24) is 20.4 Å². The van der Waals surface area contributed by atoms with Crippen LogP contribution in [0.1, 0.15) is 34.8 Å². The lowest BCUT2D eigenvalue weighted by Crippen LogP contribution is -2.37. The number of likely N-dealkylation sites (tertiary alicyclic amines) is 1. The van der Waals surface area contributed by atoms with E-state index in [0.29, 0.717) is 12.1 Å². The number of hydrogen-bond acceptors (Lipinski definition) is 4. The molecule has 1 unspecified atom stereocenters. The van der Waals surface area contributed by atoms with Gasteiger partial charge in [0, 0.05) is 17.5 Å². The second-order valence-corrected chi connectivity index (χ2v) is 6.85. The van der Waals surface area contributed by atoms with Gasteiger partial charge in [-0.1, -0.05) is 30.3 Å². The molecule has 4 rings (SSSR count). The molecular formula is C21H24N4O2. The van der Waals surface area contributed by atoms with E-state index in [1.807, 2.05) is 36.4 Å². The molecule has 1 fully saturated rings. The average molecular weight is 364 g/mol. The molecule has 0 bridgehead atoms. The van der Waals surface area contributed by atoms with Gasteiger partial charge >= 0.3 is 0 Å². The maximum atomic E-state index is 12.9. The van der Waals surface area contributed by atoms with E-state index in [1.165, 1.54) is 12.8 Å². The van der Waals surface area contributed by atoms with Crippen LogP contribution in [0, 0.1) is 0 Å². The van der Waals surface area contributed by atoms with E-state index in [0.717, 1.165) is 35.3 Å². The maximum Gasteiger partial charge on any atom is 0.253 e. The largest absolute Gasteiger partial charge is 0.496 e. The van der Waals surface area contributed by atoms with E-state index in [-0.39, 0.29) is 11.9 Å². The van der Waals surface area contributed by atoms with Crippen molar-refractivity contribution in [3.63, 3.8) is 0 Å². The van der Waals surface area contributed by atoms with Gasteiger partial charge in [0.1, 0.15) is 5.75 Å². The van der Waals surface area contributed by atoms with Crippen molar-refractivity contribution in [2.45, 2.75) is 18.9 Å². The third-order valence-electron chi connectivity index (χ3n) is 5.26. The molecule has 1 aromatic heterocycles. The second kappa shape index (κ2) is 7.80. The quantitative estimate of drug-likeness (QED) is 0.705. The molecule has 2 N–H and O–H groups in total. The minimum Gasteiger partial charge on any atom is -0.496 e. The predicted octanol–water partition coefficient (Wildman–Crippen LogP) is 3.14. The van der Waals surface area contributed by atoms with E-state index >= 15 is 0 Å². The number of amides is 1. The fourth-order valence-electron chi connectivity index (χ4n) is 3.87. The number of benzene rings is 2. The zero-order valence-electron chi connectivity index (χ0n) is 15.4. The van der Waals surface area contributed by atoms with Gasteiger partial charge in [-0.05, 0) is 38.1 Å². The molecule has 1 saturated heterocycles. The van der Waals surface area contributed by atoms with E-state index in [9.17, 15) is 4.79 Å². The topological polar surface area (TPSA) is 70.2 Å². The van der Waals surface area contributed by atoms with Crippen molar-refractivity contribution in [3.05, 3.63) is 59.8 Å². The maximum absolute atomic E-state index is 12.9. The molecule has 0 radical (unpaired) electrons. The van der Waals surface area contributed by atoms with Gasteiger partial charge < -0.3 is 10.1 Å². The number of para-hydroxylation sites is 2. The summed E-state index contributed by atoms with van der Waals surface area (Å²) in [6, 6.07) is 13.8. The molecule has 2 heterocycles. The number of ether oxygens (including phenoxy) is 1. The molecular weight excluding hydrogens is 340 g/mol. The Morgan fingerprint density at radius 1 is 1.22 bits per heavy atom. The van der Waals surface area contributed by atoms with Gasteiger partial charge in [-0.15, -0.1) is 0 Å². The van der Waals surface area contributed by atoms with E-state index in [2.05, 4.69) is 26.5 Å². The van der Waals surface area contributed by atoms with Gasteiger partial charge in [0.05, 0.1) is 30.4 Å². The van der Waals surface area contributed by atoms with Crippen LogP contribution in [0.25, 0.3) is 10.9 Å². The SMILES string of the molecule is COc1ccccc1C(CNC(=O)c1cccc2cn[nH]c12)N1CCCC1. The van der Waals surface area contributed by atoms with Gasteiger partial charge in [-0.2, -0.15) is 5.10 Å². The van der Waals surface area contributed by atoms with Gasteiger partial charge in [-0.25, -0.2) is 0 Å². The van der Waals surface area contributed by atoms with Gasteiger partial charge in [0.2, 0.25) is 0 Å². The van der Waals surface area contributed by atoms with Crippen LogP contribution in [0.3, 0.4) is 0 Å². The van der Waals surface area contributed by atoms with Crippen LogP contribution in [0.2, 0.25) is 0 Å². The third kappa shape index (κ3) is 3.53. The molecule has 1 amide bonds. The highest BCUT2D eigenvalue weighted by atomic mass is 16.5. The molecule has 0 spiro atoms. The molecule has 1 aliphatic heterocycles. The minimum absolute atomic E-state index is 0.0913. The fourth-order valence-corrected chi connectivity index (χ4v) is 3.87. The molecule has 0 aliphatic carbocycles. The van der Waals surface area contributed by atoms with Crippen molar-refractivity contribution >= 4 is 16.8 Å². The third-order valence-corrected chi connectivity index (χ3v) is 5.26. The predicted molar refractivity (Wildman–Crippen MR) is 105 cm³/mol. The first-order valence-electron chi connectivity index (χ1n) is 9.35. The van der Waals surface area contributed by atoms with Gasteiger partial charge in [-0.3, -0.25) is 14.8 Å². The number of fused-ring (bicyclic) bond motifs is 1. The van der Waals surface area contributed by atoms with Crippen LogP contribution in [-0.4, -0.2) is 47.7 Å². The van der Waals surface area contributed by atoms with Crippen LogP contribution in [-0.2, 0) is 0 Å². The Morgan fingerprint density at radius 2 is 2.04 bits per heavy atom. The summed E-state index contributed by atoms with van der Waals surface area (Å²) in [4.78, 5) is 15.3. The Balaban J connectivity index is 1.57. The molecule has 2 aromatic carbocycles. The lowest BCUT2D eigenvalue weighted by molar-refractivity contribution is 0.0939. The Hall–Kier alpha value is -2.86. The average Bonchev–Trinajstić information content (AvgIpc) is 3.40. The number of nitrogens with zero attached hydrogens (tertiary/aromatic N) is 2. The Bertz CT molecular complexity index is 931. The summed E-state index contributed by atoms with van der Waals surface area (Å²) in [5.74, 6) is 0.767. The van der Waals surface area contributed by atoms with Crippen LogP contribution >= 0.6 is 0 Å². The highest BCUT2D eigenvalue weighted by Gasteiger charge is 2.26. The molecule has 27 heavy (non-hydrogen) atoms. The van der Waals surface area contributed by atoms with Crippen LogP contribution < -0.4 is 10.1 Å². The summed E-state index contributed by atoms with van der Waals surface area (Å²) >= 11 is 0. The number of carbonyl (C=O) groups excluding carboxylic acids is 1. The minimum atomic E-state index is -0.0936. The number of hydrogen-bond donors (Lipinski definition) is 2. The number of aromatic nitrogens is 2. The Labute approximate surface area is 158 Å². The first kappa shape index (κ1) is 17.5. The normalized spacial score (nSPS) is 15.7. The highest BCUT2D eigenvalue weighted by Crippen LogP contribution is 2.31. The van der Waals surface area contributed by atoms with E-state index in [1.54, 1.807) is 13.3 Å². The summed E-state index contributed by atoms with van der Waals surface area (Å²) < 4.78 is 5.57. The molecule has 6 heteroatoms. The van der Waals surface area contributed by atoms with Gasteiger partial charge in [0.25, 0.3) is 5.91 Å². The first-order valence-corrected chi connectivity index (χ1v) is 9.35. The lowest BCUT2D eigenvalue weighted by Gasteiger charge is -2.29. The fraction of sp³-hybridized carbons (Fsp3) is 0.333. The molecule has 3 aromatic rings. The van der Waals surface area contributed by atoms with Crippen LogP contribution in [0.15, 0.2) is 48.7 Å². The molecule has 6 nitrogen and oxygen atoms in total. The van der Waals surface area contributed by atoms with Crippen molar-refractivity contribution in [1.29, 1.82) is 0 Å². The monoisotopic (exact) mass is 364 g/mol. The number of aromatic amines is 1. The zero-order chi connectivity index (χ0) is 18.6. The van der Waals surface area contributed by atoms with Crippen molar-refractivity contribution in [3.8, 4) is 5.75 Å². The summed E-state index contributed by atoms with van der Waals surface area (Å²) in [5, 5.41) is 11.0. The number of methoxy groups -OCH3 is 1. The summed E-state index contributed by atoms with van der Waals surface area (Å²) in [7, 11) is 1.69. The Morgan fingerprint density at radius 3 is 2.85 bits per heavy atom. The summed E-state index contributed by atoms with van der Waals surface area (Å²) in [6.07, 6.45) is 4.11. The number of rotatable bonds is 6. The van der Waals surface area contributed by atoms with E-state index < -0.39 is 0 Å². The molecule has 140 valence electrons. The number of carbonyl (C=O) groups is 1. The second-order valence-electron chi connectivity index (χ2n) is 6.85. The lowest BCUT2D eigenvalue weighted by atomic mass is 10.0. The van der Waals surface area contributed by atoms with E-state index in [4.69, 9.17) is 4.74 Å². The summed E-state index contributed by atoms with van der Waals surface area (Å²) in [5.41, 5.74) is 2.50. The van der Waals surface area contributed by atoms with Crippen molar-refractivity contribution in [2.75, 3.05) is 26.7 Å². The van der Waals surface area contributed by atoms with Crippen LogP contribution in [0.5, 0.6) is 5.75 Å². The Kier molecular flexibility index (Phi) is 5.07. The van der Waals surface area contributed by atoms with Crippen LogP contribution in [0.4, 0.5) is 0 Å². The number of H-pyrrole nitrogens is 1. The zero-order valence-corrected chi connectivity index (χ0v) is 15.4. The molecule has 1 atom stereocenters. The highest BCUT2D eigenvalue weighted by molar-refractivity contribution is 6.05. The van der Waals surface area contributed by atoms with Crippen molar-refractivity contribution in [2.24, 2.45) is 0 Å². The smallest absolute Gasteiger partial charge is 0.253 e.